The second-order valence-corrected chi connectivity index (χ2v) is 4.27. The van der Waals surface area contributed by atoms with Gasteiger partial charge in [0.2, 0.25) is 0 Å². The van der Waals surface area contributed by atoms with Crippen molar-refractivity contribution in [3.8, 4) is 0 Å². The zero-order valence-corrected chi connectivity index (χ0v) is 9.57. The van der Waals surface area contributed by atoms with E-state index in [1.54, 1.807) is 6.08 Å². The van der Waals surface area contributed by atoms with Crippen LogP contribution < -0.4 is 5.32 Å². The number of benzene rings is 1. The molecular weight excluding hydrogens is 198 g/mol. The highest BCUT2D eigenvalue weighted by molar-refractivity contribution is 5.91. The third kappa shape index (κ3) is 2.72. The number of allylic oxidation sites excluding steroid dienone is 2. The van der Waals surface area contributed by atoms with E-state index in [9.17, 15) is 4.79 Å². The Hall–Kier alpha value is -1.57. The lowest BCUT2D eigenvalue weighted by Gasteiger charge is -2.20. The van der Waals surface area contributed by atoms with Gasteiger partial charge in [0.25, 0.3) is 0 Å². The van der Waals surface area contributed by atoms with Crippen molar-refractivity contribution in [2.75, 3.05) is 0 Å². The molecule has 0 unspecified atom stereocenters. The summed E-state index contributed by atoms with van der Waals surface area (Å²) in [5.74, 6) is 0.244. The normalized spacial score (nSPS) is 17.8. The van der Waals surface area contributed by atoms with Gasteiger partial charge in [-0.25, -0.2) is 0 Å². The van der Waals surface area contributed by atoms with Gasteiger partial charge in [-0.2, -0.15) is 0 Å². The highest BCUT2D eigenvalue weighted by atomic mass is 16.1. The van der Waals surface area contributed by atoms with Crippen LogP contribution in [0.5, 0.6) is 0 Å². The van der Waals surface area contributed by atoms with Crippen LogP contribution in [-0.2, 0) is 4.79 Å². The van der Waals surface area contributed by atoms with Crippen LogP contribution in [0.25, 0.3) is 0 Å². The first kappa shape index (κ1) is 10.9. The Labute approximate surface area is 96.4 Å². The molecule has 2 heteroatoms. The molecule has 0 spiro atoms. The summed E-state index contributed by atoms with van der Waals surface area (Å²) in [7, 11) is 0. The van der Waals surface area contributed by atoms with Gasteiger partial charge in [0.1, 0.15) is 0 Å². The summed E-state index contributed by atoms with van der Waals surface area (Å²) in [5.41, 5.74) is 2.33. The second-order valence-electron chi connectivity index (χ2n) is 4.27. The Kier molecular flexibility index (Phi) is 3.40. The first-order valence-electron chi connectivity index (χ1n) is 5.80. The van der Waals surface area contributed by atoms with Crippen LogP contribution in [-0.4, -0.2) is 5.78 Å². The highest BCUT2D eigenvalue weighted by Crippen LogP contribution is 2.18. The van der Waals surface area contributed by atoms with Crippen molar-refractivity contribution in [1.82, 2.24) is 5.32 Å². The van der Waals surface area contributed by atoms with E-state index < -0.39 is 0 Å². The van der Waals surface area contributed by atoms with Gasteiger partial charge in [0.15, 0.2) is 5.78 Å². The minimum absolute atomic E-state index is 0.244. The average molecular weight is 215 g/mol. The molecule has 2 nitrogen and oxygen atoms in total. The van der Waals surface area contributed by atoms with E-state index in [2.05, 4.69) is 24.4 Å². The SMILES string of the molecule is C[C@H](NC1=CC(=O)CCC1)c1ccccc1. The quantitative estimate of drug-likeness (QED) is 0.839. The molecule has 16 heavy (non-hydrogen) atoms. The molecule has 0 aromatic heterocycles. The Morgan fingerprint density at radius 2 is 1.94 bits per heavy atom. The lowest BCUT2D eigenvalue weighted by atomic mass is 10.0. The maximum atomic E-state index is 11.3. The Morgan fingerprint density at radius 3 is 2.62 bits per heavy atom. The summed E-state index contributed by atoms with van der Waals surface area (Å²) in [4.78, 5) is 11.3. The maximum absolute atomic E-state index is 11.3. The van der Waals surface area contributed by atoms with Crippen LogP contribution >= 0.6 is 0 Å². The molecule has 1 aromatic rings. The lowest BCUT2D eigenvalue weighted by molar-refractivity contribution is -0.115. The molecule has 0 saturated heterocycles. The summed E-state index contributed by atoms with van der Waals surface area (Å²) in [6, 6.07) is 10.5. The molecule has 0 saturated carbocycles. The van der Waals surface area contributed by atoms with E-state index in [1.165, 1.54) is 5.56 Å². The van der Waals surface area contributed by atoms with E-state index in [0.717, 1.165) is 18.5 Å². The predicted octanol–water partition coefficient (Wildman–Crippen LogP) is 2.97. The van der Waals surface area contributed by atoms with Crippen molar-refractivity contribution < 1.29 is 4.79 Å². The molecule has 0 aliphatic heterocycles. The van der Waals surface area contributed by atoms with Crippen LogP contribution in [0, 0.1) is 0 Å². The van der Waals surface area contributed by atoms with Crippen molar-refractivity contribution in [3.63, 3.8) is 0 Å². The number of hydrogen-bond acceptors (Lipinski definition) is 2. The van der Waals surface area contributed by atoms with Crippen molar-refractivity contribution in [2.45, 2.75) is 32.2 Å². The van der Waals surface area contributed by atoms with Gasteiger partial charge in [0, 0.05) is 24.2 Å². The fraction of sp³-hybridized carbons (Fsp3) is 0.357. The molecule has 0 bridgehead atoms. The topological polar surface area (TPSA) is 29.1 Å². The molecule has 84 valence electrons. The molecule has 1 aliphatic rings. The minimum atomic E-state index is 0.244. The Balaban J connectivity index is 2.02. The van der Waals surface area contributed by atoms with E-state index in [-0.39, 0.29) is 11.8 Å². The summed E-state index contributed by atoms with van der Waals surface area (Å²) in [5, 5.41) is 3.41. The summed E-state index contributed by atoms with van der Waals surface area (Å²) in [6.45, 7) is 2.12. The molecule has 1 atom stereocenters. The van der Waals surface area contributed by atoms with Gasteiger partial charge >= 0.3 is 0 Å². The number of nitrogens with one attached hydrogen (secondary N) is 1. The second kappa shape index (κ2) is 4.97. The number of hydrogen-bond donors (Lipinski definition) is 1. The molecule has 0 amide bonds. The van der Waals surface area contributed by atoms with Gasteiger partial charge in [0.05, 0.1) is 0 Å². The number of carbonyl (C=O) groups excluding carboxylic acids is 1. The molecule has 1 aliphatic carbocycles. The van der Waals surface area contributed by atoms with Gasteiger partial charge < -0.3 is 5.32 Å². The molecule has 0 radical (unpaired) electrons. The summed E-state index contributed by atoms with van der Waals surface area (Å²) < 4.78 is 0. The van der Waals surface area contributed by atoms with Gasteiger partial charge in [-0.1, -0.05) is 30.3 Å². The molecule has 1 N–H and O–H groups in total. The van der Waals surface area contributed by atoms with E-state index in [0.29, 0.717) is 6.42 Å². The number of rotatable bonds is 3. The molecule has 2 rings (SSSR count). The van der Waals surface area contributed by atoms with Crippen molar-refractivity contribution in [2.24, 2.45) is 0 Å². The fourth-order valence-corrected chi connectivity index (χ4v) is 2.01. The third-order valence-corrected chi connectivity index (χ3v) is 2.91. The molecule has 0 fully saturated rings. The average Bonchev–Trinajstić information content (AvgIpc) is 2.30. The summed E-state index contributed by atoms with van der Waals surface area (Å²) in [6.07, 6.45) is 4.41. The van der Waals surface area contributed by atoms with Crippen molar-refractivity contribution in [3.05, 3.63) is 47.7 Å². The molecular formula is C14H17NO. The largest absolute Gasteiger partial charge is 0.382 e. The zero-order valence-electron chi connectivity index (χ0n) is 9.57. The van der Waals surface area contributed by atoms with Crippen LogP contribution in [0.4, 0.5) is 0 Å². The van der Waals surface area contributed by atoms with Gasteiger partial charge in [-0.15, -0.1) is 0 Å². The van der Waals surface area contributed by atoms with Crippen LogP contribution in [0.2, 0.25) is 0 Å². The number of ketones is 1. The highest BCUT2D eigenvalue weighted by Gasteiger charge is 2.12. The first-order chi connectivity index (χ1) is 7.75. The van der Waals surface area contributed by atoms with E-state index in [4.69, 9.17) is 0 Å². The van der Waals surface area contributed by atoms with Gasteiger partial charge in [-0.05, 0) is 25.3 Å². The van der Waals surface area contributed by atoms with Crippen molar-refractivity contribution >= 4 is 5.78 Å². The number of carbonyl (C=O) groups is 1. The standard InChI is InChI=1S/C14H17NO/c1-11(12-6-3-2-4-7-12)15-13-8-5-9-14(16)10-13/h2-4,6-7,10-11,15H,5,8-9H2,1H3/t11-/m0/s1. The third-order valence-electron chi connectivity index (χ3n) is 2.91. The Morgan fingerprint density at radius 1 is 1.19 bits per heavy atom. The molecule has 0 heterocycles. The first-order valence-corrected chi connectivity index (χ1v) is 5.80. The maximum Gasteiger partial charge on any atom is 0.157 e. The lowest BCUT2D eigenvalue weighted by Crippen LogP contribution is -2.21. The Bertz CT molecular complexity index is 394. The van der Waals surface area contributed by atoms with Gasteiger partial charge in [-0.3, -0.25) is 4.79 Å². The summed E-state index contributed by atoms with van der Waals surface area (Å²) >= 11 is 0. The smallest absolute Gasteiger partial charge is 0.157 e. The minimum Gasteiger partial charge on any atom is -0.382 e. The van der Waals surface area contributed by atoms with Crippen LogP contribution in [0.1, 0.15) is 37.8 Å². The zero-order chi connectivity index (χ0) is 11.4. The predicted molar refractivity (Wildman–Crippen MR) is 64.9 cm³/mol. The molecule has 1 aromatic carbocycles. The van der Waals surface area contributed by atoms with E-state index in [1.807, 2.05) is 18.2 Å². The monoisotopic (exact) mass is 215 g/mol. The van der Waals surface area contributed by atoms with E-state index >= 15 is 0 Å². The van der Waals surface area contributed by atoms with Crippen molar-refractivity contribution in [1.29, 1.82) is 0 Å². The van der Waals surface area contributed by atoms with Crippen LogP contribution in [0.15, 0.2) is 42.1 Å². The fourth-order valence-electron chi connectivity index (χ4n) is 2.01. The van der Waals surface area contributed by atoms with Crippen LogP contribution in [0.3, 0.4) is 0 Å².